The van der Waals surface area contributed by atoms with Gasteiger partial charge in [-0.25, -0.2) is 0 Å². The van der Waals surface area contributed by atoms with Gasteiger partial charge in [0, 0.05) is 37.9 Å². The lowest BCUT2D eigenvalue weighted by Gasteiger charge is -2.25. The highest BCUT2D eigenvalue weighted by Gasteiger charge is 2.19. The van der Waals surface area contributed by atoms with Crippen molar-refractivity contribution in [3.8, 4) is 5.75 Å². The number of nitrogens with zero attached hydrogens (tertiary/aromatic N) is 4. The minimum atomic E-state index is 0.0494. The lowest BCUT2D eigenvalue weighted by Crippen LogP contribution is -2.39. The van der Waals surface area contributed by atoms with Gasteiger partial charge in [0.15, 0.2) is 0 Å². The Kier molecular flexibility index (Phi) is 8.26. The summed E-state index contributed by atoms with van der Waals surface area (Å²) in [5.74, 6) is 0.917. The number of anilines is 1. The Morgan fingerprint density at radius 1 is 1.23 bits per heavy atom. The van der Waals surface area contributed by atoms with E-state index in [-0.39, 0.29) is 12.5 Å². The molecule has 2 heterocycles. The third kappa shape index (κ3) is 6.42. The minimum Gasteiger partial charge on any atom is -0.490 e. The zero-order valence-electron chi connectivity index (χ0n) is 19.2. The van der Waals surface area contributed by atoms with E-state index in [1.54, 1.807) is 6.20 Å². The lowest BCUT2D eigenvalue weighted by atomic mass is 10.1. The first kappa shape index (κ1) is 23.0. The second-order valence-electron chi connectivity index (χ2n) is 8.25. The maximum absolute atomic E-state index is 13.1. The summed E-state index contributed by atoms with van der Waals surface area (Å²) in [7, 11) is 4.03. The third-order valence-electron chi connectivity index (χ3n) is 5.65. The van der Waals surface area contributed by atoms with Crippen molar-refractivity contribution in [3.63, 3.8) is 0 Å². The van der Waals surface area contributed by atoms with Crippen molar-refractivity contribution < 1.29 is 9.53 Å². The molecule has 0 fully saturated rings. The van der Waals surface area contributed by atoms with Crippen LogP contribution in [0.1, 0.15) is 23.7 Å². The van der Waals surface area contributed by atoms with Gasteiger partial charge in [-0.1, -0.05) is 25.1 Å². The van der Waals surface area contributed by atoms with Crippen molar-refractivity contribution in [1.29, 1.82) is 0 Å². The number of hydrogen-bond acceptors (Lipinski definition) is 6. The van der Waals surface area contributed by atoms with Crippen LogP contribution in [0.4, 0.5) is 5.69 Å². The molecule has 0 radical (unpaired) electrons. The lowest BCUT2D eigenvalue weighted by molar-refractivity contribution is -0.130. The molecule has 0 atom stereocenters. The molecule has 7 heteroatoms. The van der Waals surface area contributed by atoms with Crippen LogP contribution in [0.15, 0.2) is 36.5 Å². The molecule has 0 saturated heterocycles. The number of benzene rings is 1. The topological polar surface area (TPSA) is 60.9 Å². The highest BCUT2D eigenvalue weighted by molar-refractivity contribution is 5.81. The van der Waals surface area contributed by atoms with E-state index in [1.807, 2.05) is 50.2 Å². The summed E-state index contributed by atoms with van der Waals surface area (Å²) in [4.78, 5) is 23.9. The smallest absolute Gasteiger partial charge is 0.242 e. The number of hydrogen-bond donors (Lipinski definition) is 1. The van der Waals surface area contributed by atoms with Gasteiger partial charge in [0.1, 0.15) is 12.4 Å². The van der Waals surface area contributed by atoms with Crippen LogP contribution in [0.5, 0.6) is 5.75 Å². The molecule has 1 aliphatic rings. The molecule has 1 amide bonds. The van der Waals surface area contributed by atoms with Crippen molar-refractivity contribution >= 4 is 11.6 Å². The van der Waals surface area contributed by atoms with E-state index in [2.05, 4.69) is 33.1 Å². The number of carbonyl (C=O) groups is 1. The van der Waals surface area contributed by atoms with E-state index in [0.29, 0.717) is 19.7 Å². The van der Waals surface area contributed by atoms with Crippen molar-refractivity contribution in [2.75, 3.05) is 58.7 Å². The van der Waals surface area contributed by atoms with E-state index in [9.17, 15) is 4.79 Å². The van der Waals surface area contributed by atoms with Gasteiger partial charge in [-0.3, -0.25) is 14.7 Å². The maximum Gasteiger partial charge on any atom is 0.242 e. The van der Waals surface area contributed by atoms with Crippen molar-refractivity contribution in [2.45, 2.75) is 26.9 Å². The van der Waals surface area contributed by atoms with Crippen molar-refractivity contribution in [2.24, 2.45) is 0 Å². The van der Waals surface area contributed by atoms with E-state index in [4.69, 9.17) is 4.74 Å². The quantitative estimate of drug-likeness (QED) is 0.666. The summed E-state index contributed by atoms with van der Waals surface area (Å²) in [6.45, 7) is 9.80. The standard InChI is InChI=1S/C24H35N5O2/c1-5-28-14-15-31-24-20(17-28)9-6-10-21(24)26-16-23(30)29(13-12-27(3)4)18-22-19(2)8-7-11-25-22/h6-11,26H,5,12-18H2,1-4H3. The van der Waals surface area contributed by atoms with Crippen LogP contribution < -0.4 is 10.1 Å². The summed E-state index contributed by atoms with van der Waals surface area (Å²) in [6, 6.07) is 10.1. The van der Waals surface area contributed by atoms with Gasteiger partial charge in [0.05, 0.1) is 24.5 Å². The first-order valence-corrected chi connectivity index (χ1v) is 11.0. The van der Waals surface area contributed by atoms with Gasteiger partial charge < -0.3 is 19.9 Å². The molecule has 1 aromatic heterocycles. The Morgan fingerprint density at radius 2 is 2.06 bits per heavy atom. The molecule has 31 heavy (non-hydrogen) atoms. The Morgan fingerprint density at radius 3 is 2.81 bits per heavy atom. The Labute approximate surface area is 186 Å². The molecule has 168 valence electrons. The zero-order valence-corrected chi connectivity index (χ0v) is 19.2. The number of fused-ring (bicyclic) bond motifs is 1. The number of likely N-dealkylation sites (N-methyl/N-ethyl adjacent to an activating group) is 2. The fourth-order valence-electron chi connectivity index (χ4n) is 3.65. The van der Waals surface area contributed by atoms with E-state index in [0.717, 1.165) is 54.4 Å². The van der Waals surface area contributed by atoms with E-state index >= 15 is 0 Å². The van der Waals surface area contributed by atoms with Crippen LogP contribution in [0.2, 0.25) is 0 Å². The number of para-hydroxylation sites is 1. The highest BCUT2D eigenvalue weighted by Crippen LogP contribution is 2.31. The summed E-state index contributed by atoms with van der Waals surface area (Å²) >= 11 is 0. The number of pyridine rings is 1. The first-order valence-electron chi connectivity index (χ1n) is 11.0. The van der Waals surface area contributed by atoms with Gasteiger partial charge >= 0.3 is 0 Å². The van der Waals surface area contributed by atoms with Crippen LogP contribution >= 0.6 is 0 Å². The first-order chi connectivity index (χ1) is 15.0. The second-order valence-corrected chi connectivity index (χ2v) is 8.25. The molecule has 3 rings (SSSR count). The highest BCUT2D eigenvalue weighted by atomic mass is 16.5. The molecule has 0 unspecified atom stereocenters. The van der Waals surface area contributed by atoms with Crippen molar-refractivity contribution in [3.05, 3.63) is 53.3 Å². The van der Waals surface area contributed by atoms with Gasteiger partial charge in [-0.05, 0) is 45.3 Å². The average molecular weight is 426 g/mol. The predicted octanol–water partition coefficient (Wildman–Crippen LogP) is 2.61. The number of aromatic nitrogens is 1. The van der Waals surface area contributed by atoms with Crippen LogP contribution in [0.3, 0.4) is 0 Å². The van der Waals surface area contributed by atoms with Crippen molar-refractivity contribution in [1.82, 2.24) is 19.7 Å². The number of rotatable bonds is 9. The fraction of sp³-hybridized carbons (Fsp3) is 0.500. The summed E-state index contributed by atoms with van der Waals surface area (Å²) < 4.78 is 6.05. The Hall–Kier alpha value is -2.64. The minimum absolute atomic E-state index is 0.0494. The summed E-state index contributed by atoms with van der Waals surface area (Å²) in [6.07, 6.45) is 1.78. The number of amides is 1. The van der Waals surface area contributed by atoms with E-state index < -0.39 is 0 Å². The summed E-state index contributed by atoms with van der Waals surface area (Å²) in [5, 5.41) is 3.33. The monoisotopic (exact) mass is 425 g/mol. The molecule has 0 aliphatic carbocycles. The second kappa shape index (κ2) is 11.1. The largest absolute Gasteiger partial charge is 0.490 e. The van der Waals surface area contributed by atoms with Crippen LogP contribution in [0.25, 0.3) is 0 Å². The third-order valence-corrected chi connectivity index (χ3v) is 5.65. The zero-order chi connectivity index (χ0) is 22.2. The number of nitrogens with one attached hydrogen (secondary N) is 1. The number of aryl methyl sites for hydroxylation is 1. The molecule has 0 saturated carbocycles. The molecular formula is C24H35N5O2. The maximum atomic E-state index is 13.1. The van der Waals surface area contributed by atoms with Gasteiger partial charge in [0.2, 0.25) is 5.91 Å². The van der Waals surface area contributed by atoms with Crippen LogP contribution in [0, 0.1) is 6.92 Å². The summed E-state index contributed by atoms with van der Waals surface area (Å²) in [5.41, 5.74) is 4.07. The molecule has 1 N–H and O–H groups in total. The number of ether oxygens (including phenoxy) is 1. The molecule has 0 spiro atoms. The Balaban J connectivity index is 1.70. The molecule has 2 aromatic rings. The molecule has 1 aromatic carbocycles. The molecule has 1 aliphatic heterocycles. The van der Waals surface area contributed by atoms with Gasteiger partial charge in [-0.2, -0.15) is 0 Å². The average Bonchev–Trinajstić information content (AvgIpc) is 2.98. The van der Waals surface area contributed by atoms with Crippen LogP contribution in [-0.4, -0.2) is 79.0 Å². The Bertz CT molecular complexity index is 871. The fourth-order valence-corrected chi connectivity index (χ4v) is 3.65. The van der Waals surface area contributed by atoms with Crippen LogP contribution in [-0.2, 0) is 17.9 Å². The molecule has 7 nitrogen and oxygen atoms in total. The molecular weight excluding hydrogens is 390 g/mol. The van der Waals surface area contributed by atoms with Gasteiger partial charge in [0.25, 0.3) is 0 Å². The number of carbonyl (C=O) groups excluding carboxylic acids is 1. The molecule has 0 bridgehead atoms. The van der Waals surface area contributed by atoms with Gasteiger partial charge in [-0.15, -0.1) is 0 Å². The van der Waals surface area contributed by atoms with E-state index in [1.165, 1.54) is 0 Å². The SMILES string of the molecule is CCN1CCOc2c(cccc2NCC(=O)N(CCN(C)C)Cc2ncccc2C)C1. The predicted molar refractivity (Wildman–Crippen MR) is 124 cm³/mol. The normalized spacial score (nSPS) is 14.0.